The molecule has 2 N–H and O–H groups in total. The first-order valence-corrected chi connectivity index (χ1v) is 10.6. The Morgan fingerprint density at radius 1 is 1.17 bits per heavy atom. The summed E-state index contributed by atoms with van der Waals surface area (Å²) < 4.78 is 65.5. The quantitative estimate of drug-likeness (QED) is 0.590. The molecular formula is C18H20Cl2F3N3O2S. The van der Waals surface area contributed by atoms with Gasteiger partial charge in [0.05, 0.1) is 14.9 Å². The number of alkyl halides is 3. The number of hydrogen-bond donors (Lipinski definition) is 2. The molecule has 0 aliphatic heterocycles. The molecule has 0 aliphatic carbocycles. The van der Waals surface area contributed by atoms with Crippen molar-refractivity contribution in [2.75, 3.05) is 27.7 Å². The fourth-order valence-electron chi connectivity index (χ4n) is 2.85. The van der Waals surface area contributed by atoms with Crippen molar-refractivity contribution in [2.45, 2.75) is 17.2 Å². The summed E-state index contributed by atoms with van der Waals surface area (Å²) in [5, 5.41) is 0.602. The summed E-state index contributed by atoms with van der Waals surface area (Å²) in [5.74, 6) is -1.02. The zero-order valence-electron chi connectivity index (χ0n) is 15.8. The van der Waals surface area contributed by atoms with E-state index in [1.54, 1.807) is 32.3 Å². The maximum atomic E-state index is 12.7. The van der Waals surface area contributed by atoms with E-state index in [-0.39, 0.29) is 15.5 Å². The predicted octanol–water partition coefficient (Wildman–Crippen LogP) is 5.13. The molecule has 0 bridgehead atoms. The average Bonchev–Trinajstić information content (AvgIpc) is 2.60. The Bertz CT molecular complexity index is 983. The molecule has 0 spiro atoms. The fraction of sp³-hybridized carbons (Fsp3) is 0.333. The molecule has 0 amide bonds. The number of halogens is 5. The molecule has 0 saturated carbocycles. The van der Waals surface area contributed by atoms with E-state index in [0.29, 0.717) is 17.1 Å². The lowest BCUT2D eigenvalue weighted by atomic mass is 9.90. The summed E-state index contributed by atoms with van der Waals surface area (Å²) in [6, 6.07) is 8.28. The lowest BCUT2D eigenvalue weighted by molar-refractivity contribution is -0.274. The molecule has 160 valence electrons. The summed E-state index contributed by atoms with van der Waals surface area (Å²) in [5.41, 5.74) is 0.901. The van der Waals surface area contributed by atoms with E-state index < -0.39 is 27.9 Å². The molecule has 0 radical (unpaired) electrons. The van der Waals surface area contributed by atoms with E-state index in [2.05, 4.69) is 9.46 Å². The predicted molar refractivity (Wildman–Crippen MR) is 108 cm³/mol. The van der Waals surface area contributed by atoms with Gasteiger partial charge in [-0.3, -0.25) is 0 Å². The highest BCUT2D eigenvalue weighted by molar-refractivity contribution is 7.90. The molecule has 2 rings (SSSR count). The van der Waals surface area contributed by atoms with Crippen LogP contribution in [0, 0.1) is 4.78 Å². The minimum Gasteiger partial charge on any atom is -0.406 e. The van der Waals surface area contributed by atoms with Crippen LogP contribution in [0.25, 0.3) is 0 Å². The van der Waals surface area contributed by atoms with E-state index in [9.17, 15) is 17.4 Å². The maximum absolute atomic E-state index is 12.7. The molecular weight excluding hydrogens is 450 g/mol. The molecule has 2 unspecified atom stereocenters. The number of nitrogens with zero attached hydrogens (tertiary/aromatic N) is 1. The minimum atomic E-state index is -4.88. The molecule has 2 atom stereocenters. The van der Waals surface area contributed by atoms with Crippen LogP contribution in [-0.4, -0.2) is 43.2 Å². The molecule has 0 fully saturated rings. The van der Waals surface area contributed by atoms with Crippen LogP contribution in [0.4, 0.5) is 13.2 Å². The fourth-order valence-corrected chi connectivity index (χ4v) is 4.16. The normalized spacial score (nSPS) is 15.2. The Balaban J connectivity index is 2.73. The van der Waals surface area contributed by atoms with Gasteiger partial charge in [0.15, 0.2) is 0 Å². The first-order valence-electron chi connectivity index (χ1n) is 8.30. The van der Waals surface area contributed by atoms with Gasteiger partial charge in [0.2, 0.25) is 0 Å². The van der Waals surface area contributed by atoms with Crippen molar-refractivity contribution in [2.24, 2.45) is 0 Å². The highest BCUT2D eigenvalue weighted by Gasteiger charge is 2.32. The minimum absolute atomic E-state index is 0.0625. The van der Waals surface area contributed by atoms with Crippen molar-refractivity contribution in [1.82, 2.24) is 9.62 Å². The Morgan fingerprint density at radius 3 is 2.34 bits per heavy atom. The third-order valence-corrected chi connectivity index (χ3v) is 6.39. The number of nitrogens with one attached hydrogen (secondary N) is 2. The monoisotopic (exact) mass is 469 g/mol. The van der Waals surface area contributed by atoms with Crippen LogP contribution in [0.5, 0.6) is 5.75 Å². The Morgan fingerprint density at radius 2 is 1.83 bits per heavy atom. The van der Waals surface area contributed by atoms with E-state index >= 15 is 0 Å². The number of benzene rings is 2. The summed E-state index contributed by atoms with van der Waals surface area (Å²) in [6.07, 6.45) is -4.88. The number of hydrogen-bond acceptors (Lipinski definition) is 4. The van der Waals surface area contributed by atoms with Crippen molar-refractivity contribution >= 4 is 33.1 Å². The van der Waals surface area contributed by atoms with Crippen molar-refractivity contribution in [3.63, 3.8) is 0 Å². The number of rotatable bonds is 7. The summed E-state index contributed by atoms with van der Waals surface area (Å²) >= 11 is 12.1. The first-order chi connectivity index (χ1) is 13.3. The van der Waals surface area contributed by atoms with Crippen LogP contribution < -0.4 is 9.46 Å². The summed E-state index contributed by atoms with van der Waals surface area (Å²) in [6.45, 7) is 0.347. The van der Waals surface area contributed by atoms with E-state index in [4.69, 9.17) is 28.0 Å². The zero-order valence-corrected chi connectivity index (χ0v) is 18.1. The Hall–Kier alpha value is -1.52. The van der Waals surface area contributed by atoms with Gasteiger partial charge in [0.1, 0.15) is 15.7 Å². The lowest BCUT2D eigenvalue weighted by Crippen LogP contribution is -2.25. The molecule has 11 heteroatoms. The third kappa shape index (κ3) is 6.23. The summed E-state index contributed by atoms with van der Waals surface area (Å²) in [7, 11) is 1.46. The van der Waals surface area contributed by atoms with Crippen molar-refractivity contribution in [1.29, 1.82) is 4.78 Å². The topological polar surface area (TPSA) is 65.4 Å². The van der Waals surface area contributed by atoms with Gasteiger partial charge in [-0.15, -0.1) is 13.2 Å². The molecule has 0 aromatic heterocycles. The van der Waals surface area contributed by atoms with Crippen LogP contribution in [0.2, 0.25) is 10.0 Å². The summed E-state index contributed by atoms with van der Waals surface area (Å²) in [4.78, 5) is 1.88. The SMILES string of the molecule is CNS(=N)(=O)c1ccc(OC(F)(F)F)cc1C(CN(C)C)c1ccc(Cl)c(Cl)c1. The molecule has 0 saturated heterocycles. The Labute approximate surface area is 177 Å². The van der Waals surface area contributed by atoms with Gasteiger partial charge in [-0.1, -0.05) is 29.3 Å². The van der Waals surface area contributed by atoms with E-state index in [0.717, 1.165) is 12.1 Å². The number of ether oxygens (including phenoxy) is 1. The Kier molecular flexibility index (Phi) is 7.45. The molecule has 2 aromatic carbocycles. The van der Waals surface area contributed by atoms with Crippen LogP contribution >= 0.6 is 23.2 Å². The van der Waals surface area contributed by atoms with Crippen LogP contribution in [0.15, 0.2) is 41.3 Å². The lowest BCUT2D eigenvalue weighted by Gasteiger charge is -2.26. The molecule has 29 heavy (non-hydrogen) atoms. The van der Waals surface area contributed by atoms with Gasteiger partial charge in [0.25, 0.3) is 0 Å². The van der Waals surface area contributed by atoms with Crippen LogP contribution in [0.1, 0.15) is 17.0 Å². The van der Waals surface area contributed by atoms with Crippen LogP contribution in [-0.2, 0) is 9.92 Å². The largest absolute Gasteiger partial charge is 0.573 e. The number of likely N-dealkylation sites (N-methyl/N-ethyl adjacent to an activating group) is 1. The highest BCUT2D eigenvalue weighted by atomic mass is 35.5. The second-order valence-electron chi connectivity index (χ2n) is 6.50. The smallest absolute Gasteiger partial charge is 0.406 e. The van der Waals surface area contributed by atoms with Gasteiger partial charge in [0, 0.05) is 12.5 Å². The zero-order chi connectivity index (χ0) is 22.0. The van der Waals surface area contributed by atoms with Gasteiger partial charge < -0.3 is 9.64 Å². The van der Waals surface area contributed by atoms with Crippen molar-refractivity contribution in [3.8, 4) is 5.75 Å². The van der Waals surface area contributed by atoms with Crippen molar-refractivity contribution < 1.29 is 22.1 Å². The maximum Gasteiger partial charge on any atom is 0.573 e. The van der Waals surface area contributed by atoms with E-state index in [1.165, 1.54) is 13.1 Å². The molecule has 2 aromatic rings. The van der Waals surface area contributed by atoms with Gasteiger partial charge in [-0.2, -0.15) is 0 Å². The molecule has 5 nitrogen and oxygen atoms in total. The molecule has 0 heterocycles. The van der Waals surface area contributed by atoms with Gasteiger partial charge >= 0.3 is 6.36 Å². The van der Waals surface area contributed by atoms with Crippen LogP contribution in [0.3, 0.4) is 0 Å². The highest BCUT2D eigenvalue weighted by Crippen LogP contribution is 2.36. The standard InChI is InChI=1S/C18H20Cl2F3N3O2S/c1-25-29(24,27)17-7-5-12(28-18(21,22)23)9-13(17)14(10-26(2)3)11-4-6-15(19)16(20)8-11/h4-9,14H,10H2,1-3H3,(H2,24,25,27). The van der Waals surface area contributed by atoms with E-state index in [1.807, 2.05) is 4.90 Å². The average molecular weight is 470 g/mol. The van der Waals surface area contributed by atoms with Gasteiger partial charge in [-0.05, 0) is 62.6 Å². The first kappa shape index (κ1) is 23.8. The van der Waals surface area contributed by atoms with Crippen molar-refractivity contribution in [3.05, 3.63) is 57.6 Å². The third-order valence-electron chi connectivity index (χ3n) is 4.08. The van der Waals surface area contributed by atoms with Gasteiger partial charge in [-0.25, -0.2) is 13.7 Å². The second kappa shape index (κ2) is 9.09. The second-order valence-corrected chi connectivity index (χ2v) is 9.27. The molecule has 0 aliphatic rings.